The monoisotopic (exact) mass is 344 g/mol. The lowest BCUT2D eigenvalue weighted by molar-refractivity contribution is 0.449. The van der Waals surface area contributed by atoms with E-state index in [0.717, 1.165) is 4.47 Å². The van der Waals surface area contributed by atoms with E-state index in [2.05, 4.69) is 15.9 Å². The van der Waals surface area contributed by atoms with Gasteiger partial charge in [0.15, 0.2) is 11.3 Å². The first kappa shape index (κ1) is 13.6. The van der Waals surface area contributed by atoms with E-state index in [1.807, 2.05) is 0 Å². The summed E-state index contributed by atoms with van der Waals surface area (Å²) in [6.45, 7) is 0. The average Bonchev–Trinajstić information content (AvgIpc) is 2.66. The quantitative estimate of drug-likeness (QED) is 0.735. The van der Waals surface area contributed by atoms with E-state index in [9.17, 15) is 14.7 Å². The summed E-state index contributed by atoms with van der Waals surface area (Å²) in [5.74, 6) is -0.515. The molecule has 0 radical (unpaired) electrons. The van der Waals surface area contributed by atoms with E-state index in [-0.39, 0.29) is 16.7 Å². The molecule has 0 aliphatic rings. The molecular formula is C16H9BrO4. The third kappa shape index (κ3) is 2.36. The zero-order valence-electron chi connectivity index (χ0n) is 10.7. The van der Waals surface area contributed by atoms with Crippen molar-refractivity contribution in [2.45, 2.75) is 0 Å². The Labute approximate surface area is 127 Å². The number of aromatic hydroxyl groups is 1. The van der Waals surface area contributed by atoms with Gasteiger partial charge < -0.3 is 9.52 Å². The molecule has 0 saturated carbocycles. The highest BCUT2D eigenvalue weighted by Crippen LogP contribution is 2.29. The summed E-state index contributed by atoms with van der Waals surface area (Å²) < 4.78 is 6.36. The van der Waals surface area contributed by atoms with E-state index in [0.29, 0.717) is 5.56 Å². The van der Waals surface area contributed by atoms with E-state index in [1.165, 1.54) is 18.2 Å². The molecule has 0 saturated heterocycles. The topological polar surface area (TPSA) is 67.5 Å². The summed E-state index contributed by atoms with van der Waals surface area (Å²) in [6, 6.07) is 12.7. The van der Waals surface area contributed by atoms with Crippen molar-refractivity contribution >= 4 is 26.9 Å². The fourth-order valence-electron chi connectivity index (χ4n) is 2.04. The van der Waals surface area contributed by atoms with Crippen molar-refractivity contribution in [3.63, 3.8) is 0 Å². The zero-order valence-corrected chi connectivity index (χ0v) is 12.3. The van der Waals surface area contributed by atoms with Crippen LogP contribution in [0.4, 0.5) is 0 Å². The highest BCUT2D eigenvalue weighted by atomic mass is 79.9. The number of halogens is 1. The molecule has 2 aromatic carbocycles. The number of benzene rings is 1. The first-order valence-corrected chi connectivity index (χ1v) is 6.92. The van der Waals surface area contributed by atoms with Gasteiger partial charge in [-0.3, -0.25) is 9.59 Å². The van der Waals surface area contributed by atoms with Gasteiger partial charge in [-0.15, -0.1) is 0 Å². The number of fused-ring (bicyclic) bond motifs is 1. The third-order valence-corrected chi connectivity index (χ3v) is 3.60. The summed E-state index contributed by atoms with van der Waals surface area (Å²) in [5, 5.41) is 10.1. The Bertz CT molecular complexity index is 943. The Morgan fingerprint density at radius 1 is 0.952 bits per heavy atom. The van der Waals surface area contributed by atoms with Gasteiger partial charge in [0.1, 0.15) is 0 Å². The van der Waals surface area contributed by atoms with Gasteiger partial charge in [-0.05, 0) is 36.4 Å². The van der Waals surface area contributed by atoms with Gasteiger partial charge in [-0.1, -0.05) is 28.1 Å². The first-order valence-electron chi connectivity index (χ1n) is 6.13. The van der Waals surface area contributed by atoms with Gasteiger partial charge in [0.2, 0.25) is 16.6 Å². The molecule has 0 aliphatic carbocycles. The van der Waals surface area contributed by atoms with Gasteiger partial charge >= 0.3 is 0 Å². The standard InChI is InChI=1S/C16H9BrO4/c17-10-7-5-9(6-8-10)15-14(20)13(19)11-3-1-2-4-12(18)16(11)21-15/h1-8,20H. The van der Waals surface area contributed by atoms with Crippen LogP contribution in [0.2, 0.25) is 0 Å². The van der Waals surface area contributed by atoms with Crippen LogP contribution in [0.25, 0.3) is 22.3 Å². The van der Waals surface area contributed by atoms with E-state index < -0.39 is 16.6 Å². The van der Waals surface area contributed by atoms with Crippen LogP contribution in [0.15, 0.2) is 67.0 Å². The minimum absolute atomic E-state index is 0.0108. The second kappa shape index (κ2) is 5.18. The summed E-state index contributed by atoms with van der Waals surface area (Å²) in [4.78, 5) is 24.2. The number of hydrogen-bond acceptors (Lipinski definition) is 4. The molecule has 0 bridgehead atoms. The molecule has 0 amide bonds. The predicted octanol–water partition coefficient (Wildman–Crippen LogP) is 3.29. The summed E-state index contributed by atoms with van der Waals surface area (Å²) in [6.07, 6.45) is 0. The average molecular weight is 345 g/mol. The molecule has 1 heterocycles. The van der Waals surface area contributed by atoms with Gasteiger partial charge in [-0.25, -0.2) is 0 Å². The van der Waals surface area contributed by atoms with E-state index >= 15 is 0 Å². The lowest BCUT2D eigenvalue weighted by Gasteiger charge is -2.04. The minimum atomic E-state index is -0.623. The Morgan fingerprint density at radius 3 is 2.33 bits per heavy atom. The zero-order chi connectivity index (χ0) is 15.0. The molecule has 104 valence electrons. The number of rotatable bonds is 1. The maximum absolute atomic E-state index is 12.2. The summed E-state index contributed by atoms with van der Waals surface area (Å²) in [5.41, 5.74) is -0.589. The van der Waals surface area contributed by atoms with Crippen molar-refractivity contribution in [1.29, 1.82) is 0 Å². The van der Waals surface area contributed by atoms with Gasteiger partial charge in [0.05, 0.1) is 5.39 Å². The Morgan fingerprint density at radius 2 is 1.62 bits per heavy atom. The lowest BCUT2D eigenvalue weighted by atomic mass is 10.1. The van der Waals surface area contributed by atoms with Crippen molar-refractivity contribution in [2.24, 2.45) is 0 Å². The fraction of sp³-hybridized carbons (Fsp3) is 0. The molecule has 0 spiro atoms. The van der Waals surface area contributed by atoms with Gasteiger partial charge in [0, 0.05) is 10.0 Å². The maximum atomic E-state index is 12.2. The van der Waals surface area contributed by atoms with Crippen molar-refractivity contribution in [1.82, 2.24) is 0 Å². The SMILES string of the molecule is O=c1c(O)c(-c2ccc(Br)cc2)oc2c(=O)ccccc12. The molecular weight excluding hydrogens is 336 g/mol. The summed E-state index contributed by atoms with van der Waals surface area (Å²) in [7, 11) is 0. The molecule has 0 aliphatic heterocycles. The molecule has 0 fully saturated rings. The van der Waals surface area contributed by atoms with Crippen molar-refractivity contribution < 1.29 is 9.52 Å². The molecule has 0 atom stereocenters. The van der Waals surface area contributed by atoms with Crippen LogP contribution >= 0.6 is 15.9 Å². The molecule has 1 N–H and O–H groups in total. The molecule has 3 rings (SSSR count). The molecule has 21 heavy (non-hydrogen) atoms. The van der Waals surface area contributed by atoms with Crippen LogP contribution < -0.4 is 10.9 Å². The van der Waals surface area contributed by atoms with Crippen molar-refractivity contribution in [2.75, 3.05) is 0 Å². The molecule has 4 nitrogen and oxygen atoms in total. The highest BCUT2D eigenvalue weighted by molar-refractivity contribution is 9.10. The first-order chi connectivity index (χ1) is 10.1. The van der Waals surface area contributed by atoms with Gasteiger partial charge in [0.25, 0.3) is 0 Å². The summed E-state index contributed by atoms with van der Waals surface area (Å²) >= 11 is 3.30. The minimum Gasteiger partial charge on any atom is -0.502 e. The van der Waals surface area contributed by atoms with Crippen LogP contribution in [0.5, 0.6) is 5.75 Å². The van der Waals surface area contributed by atoms with Crippen LogP contribution in [-0.4, -0.2) is 5.11 Å². The van der Waals surface area contributed by atoms with Crippen LogP contribution in [-0.2, 0) is 0 Å². The Hall–Kier alpha value is -2.40. The largest absolute Gasteiger partial charge is 0.502 e. The Kier molecular flexibility index (Phi) is 3.35. The second-order valence-electron chi connectivity index (χ2n) is 4.44. The van der Waals surface area contributed by atoms with Crippen LogP contribution in [0, 0.1) is 0 Å². The van der Waals surface area contributed by atoms with Crippen LogP contribution in [0.1, 0.15) is 0 Å². The lowest BCUT2D eigenvalue weighted by Crippen LogP contribution is -2.06. The van der Waals surface area contributed by atoms with Gasteiger partial charge in [-0.2, -0.15) is 0 Å². The third-order valence-electron chi connectivity index (χ3n) is 3.08. The van der Waals surface area contributed by atoms with Crippen LogP contribution in [0.3, 0.4) is 0 Å². The van der Waals surface area contributed by atoms with Crippen molar-refractivity contribution in [3.05, 3.63) is 73.5 Å². The molecule has 1 aromatic heterocycles. The Balaban J connectivity index is 2.43. The smallest absolute Gasteiger partial charge is 0.235 e. The van der Waals surface area contributed by atoms with E-state index in [4.69, 9.17) is 4.42 Å². The molecule has 0 unspecified atom stereocenters. The number of hydrogen-bond donors (Lipinski definition) is 1. The normalized spacial score (nSPS) is 10.7. The van der Waals surface area contributed by atoms with Crippen molar-refractivity contribution in [3.8, 4) is 17.1 Å². The second-order valence-corrected chi connectivity index (χ2v) is 5.36. The fourth-order valence-corrected chi connectivity index (χ4v) is 2.31. The van der Waals surface area contributed by atoms with E-state index in [1.54, 1.807) is 30.3 Å². The predicted molar refractivity (Wildman–Crippen MR) is 83.6 cm³/mol. The highest BCUT2D eigenvalue weighted by Gasteiger charge is 2.16. The maximum Gasteiger partial charge on any atom is 0.235 e. The molecule has 5 heteroatoms. The molecule has 3 aromatic rings.